The number of halogens is 2. The molecule has 0 bridgehead atoms. The second-order valence-electron chi connectivity index (χ2n) is 3.73. The van der Waals surface area contributed by atoms with Crippen molar-refractivity contribution in [3.8, 4) is 5.75 Å². The van der Waals surface area contributed by atoms with E-state index in [4.69, 9.17) is 27.9 Å². The predicted molar refractivity (Wildman–Crippen MR) is 73.5 cm³/mol. The van der Waals surface area contributed by atoms with E-state index in [0.29, 0.717) is 28.9 Å². The highest BCUT2D eigenvalue weighted by Crippen LogP contribution is 2.26. The number of carbonyl (C=O) groups is 1. The van der Waals surface area contributed by atoms with E-state index >= 15 is 0 Å². The standard InChI is InChI=1S/C12H16Cl2N2O2/c1-8(12(17)16-6-5-15-2)18-9-3-4-10(13)11(14)7-9/h3-4,7-8,15H,5-6H2,1-2H3,(H,16,17). The summed E-state index contributed by atoms with van der Waals surface area (Å²) in [5, 5.41) is 6.54. The summed E-state index contributed by atoms with van der Waals surface area (Å²) >= 11 is 11.6. The van der Waals surface area contributed by atoms with Crippen molar-refractivity contribution >= 4 is 29.1 Å². The molecule has 0 aromatic heterocycles. The maximum absolute atomic E-state index is 11.7. The number of benzene rings is 1. The Labute approximate surface area is 117 Å². The summed E-state index contributed by atoms with van der Waals surface area (Å²) in [7, 11) is 1.82. The van der Waals surface area contributed by atoms with Gasteiger partial charge in [-0.15, -0.1) is 0 Å². The van der Waals surface area contributed by atoms with Gasteiger partial charge in [0.05, 0.1) is 10.0 Å². The molecule has 1 amide bonds. The summed E-state index contributed by atoms with van der Waals surface area (Å²) < 4.78 is 5.47. The number of hydrogen-bond acceptors (Lipinski definition) is 3. The second-order valence-corrected chi connectivity index (χ2v) is 4.54. The highest BCUT2D eigenvalue weighted by atomic mass is 35.5. The van der Waals surface area contributed by atoms with Crippen LogP contribution in [-0.4, -0.2) is 32.1 Å². The number of likely N-dealkylation sites (N-methyl/N-ethyl adjacent to an activating group) is 1. The molecule has 2 N–H and O–H groups in total. The van der Waals surface area contributed by atoms with E-state index in [2.05, 4.69) is 10.6 Å². The third kappa shape index (κ3) is 4.72. The lowest BCUT2D eigenvalue weighted by molar-refractivity contribution is -0.127. The minimum Gasteiger partial charge on any atom is -0.481 e. The molecule has 100 valence electrons. The maximum atomic E-state index is 11.7. The Morgan fingerprint density at radius 2 is 2.06 bits per heavy atom. The highest BCUT2D eigenvalue weighted by Gasteiger charge is 2.14. The SMILES string of the molecule is CNCCNC(=O)C(C)Oc1ccc(Cl)c(Cl)c1. The van der Waals surface area contributed by atoms with E-state index in [1.807, 2.05) is 7.05 Å². The summed E-state index contributed by atoms with van der Waals surface area (Å²) in [5.74, 6) is 0.344. The minimum absolute atomic E-state index is 0.170. The van der Waals surface area contributed by atoms with Crippen molar-refractivity contribution in [3.63, 3.8) is 0 Å². The molecule has 1 unspecified atom stereocenters. The Balaban J connectivity index is 2.50. The van der Waals surface area contributed by atoms with Gasteiger partial charge in [-0.1, -0.05) is 23.2 Å². The molecule has 1 aromatic carbocycles. The smallest absolute Gasteiger partial charge is 0.260 e. The number of ether oxygens (including phenoxy) is 1. The van der Waals surface area contributed by atoms with Gasteiger partial charge in [-0.05, 0) is 26.1 Å². The third-order valence-corrected chi connectivity index (χ3v) is 2.99. The van der Waals surface area contributed by atoms with Gasteiger partial charge in [-0.3, -0.25) is 4.79 Å². The lowest BCUT2D eigenvalue weighted by atomic mass is 10.3. The van der Waals surface area contributed by atoms with Crippen molar-refractivity contribution < 1.29 is 9.53 Å². The molecule has 0 saturated carbocycles. The molecular weight excluding hydrogens is 275 g/mol. The molecule has 0 fully saturated rings. The summed E-state index contributed by atoms with van der Waals surface area (Å²) in [6.07, 6.45) is -0.584. The van der Waals surface area contributed by atoms with Crippen LogP contribution in [-0.2, 0) is 4.79 Å². The zero-order valence-corrected chi connectivity index (χ0v) is 11.8. The van der Waals surface area contributed by atoms with Crippen LogP contribution in [0.5, 0.6) is 5.75 Å². The van der Waals surface area contributed by atoms with Crippen LogP contribution in [0.3, 0.4) is 0 Å². The average Bonchev–Trinajstić information content (AvgIpc) is 2.34. The van der Waals surface area contributed by atoms with E-state index in [9.17, 15) is 4.79 Å². The first-order chi connectivity index (χ1) is 8.54. The van der Waals surface area contributed by atoms with Crippen molar-refractivity contribution in [1.82, 2.24) is 10.6 Å². The summed E-state index contributed by atoms with van der Waals surface area (Å²) in [4.78, 5) is 11.7. The molecule has 0 heterocycles. The molecular formula is C12H16Cl2N2O2. The number of hydrogen-bond donors (Lipinski definition) is 2. The van der Waals surface area contributed by atoms with E-state index in [0.717, 1.165) is 0 Å². The van der Waals surface area contributed by atoms with E-state index < -0.39 is 6.10 Å². The van der Waals surface area contributed by atoms with Crippen LogP contribution in [0.1, 0.15) is 6.92 Å². The first-order valence-corrected chi connectivity index (χ1v) is 6.34. The van der Waals surface area contributed by atoms with Crippen molar-refractivity contribution in [2.75, 3.05) is 20.1 Å². The fraction of sp³-hybridized carbons (Fsp3) is 0.417. The fourth-order valence-corrected chi connectivity index (χ4v) is 1.55. The summed E-state index contributed by atoms with van der Waals surface area (Å²) in [6, 6.07) is 4.89. The van der Waals surface area contributed by atoms with E-state index in [-0.39, 0.29) is 5.91 Å². The zero-order chi connectivity index (χ0) is 13.5. The van der Waals surface area contributed by atoms with E-state index in [1.54, 1.807) is 25.1 Å². The van der Waals surface area contributed by atoms with Gasteiger partial charge in [-0.2, -0.15) is 0 Å². The average molecular weight is 291 g/mol. The van der Waals surface area contributed by atoms with Gasteiger partial charge in [0, 0.05) is 19.2 Å². The largest absolute Gasteiger partial charge is 0.481 e. The van der Waals surface area contributed by atoms with E-state index in [1.165, 1.54) is 0 Å². The number of amides is 1. The maximum Gasteiger partial charge on any atom is 0.260 e. The normalized spacial score (nSPS) is 12.0. The Hall–Kier alpha value is -0.970. The first kappa shape index (κ1) is 15.1. The Bertz CT molecular complexity index is 413. The molecule has 0 aliphatic rings. The zero-order valence-electron chi connectivity index (χ0n) is 10.3. The van der Waals surface area contributed by atoms with Crippen LogP contribution in [0, 0.1) is 0 Å². The molecule has 1 aromatic rings. The molecule has 0 radical (unpaired) electrons. The topological polar surface area (TPSA) is 50.4 Å². The molecule has 1 rings (SSSR count). The lowest BCUT2D eigenvalue weighted by Gasteiger charge is -2.15. The Kier molecular flexibility index (Phi) is 6.25. The fourth-order valence-electron chi connectivity index (χ4n) is 1.26. The van der Waals surface area contributed by atoms with Gasteiger partial charge in [0.15, 0.2) is 6.10 Å². The van der Waals surface area contributed by atoms with Crippen molar-refractivity contribution in [3.05, 3.63) is 28.2 Å². The van der Waals surface area contributed by atoms with Crippen molar-refractivity contribution in [2.45, 2.75) is 13.0 Å². The first-order valence-electron chi connectivity index (χ1n) is 5.58. The summed E-state index contributed by atoms with van der Waals surface area (Å²) in [5.41, 5.74) is 0. The van der Waals surface area contributed by atoms with Crippen molar-refractivity contribution in [1.29, 1.82) is 0 Å². The van der Waals surface area contributed by atoms with Crippen LogP contribution in [0.4, 0.5) is 0 Å². The third-order valence-electron chi connectivity index (χ3n) is 2.25. The molecule has 18 heavy (non-hydrogen) atoms. The van der Waals surface area contributed by atoms with Crippen LogP contribution < -0.4 is 15.4 Å². The van der Waals surface area contributed by atoms with Gasteiger partial charge in [0.2, 0.25) is 0 Å². The van der Waals surface area contributed by atoms with Crippen LogP contribution in [0.15, 0.2) is 18.2 Å². The van der Waals surface area contributed by atoms with Gasteiger partial charge >= 0.3 is 0 Å². The van der Waals surface area contributed by atoms with Crippen LogP contribution >= 0.6 is 23.2 Å². The molecule has 4 nitrogen and oxygen atoms in total. The summed E-state index contributed by atoms with van der Waals surface area (Å²) in [6.45, 7) is 2.95. The van der Waals surface area contributed by atoms with Crippen molar-refractivity contribution in [2.24, 2.45) is 0 Å². The van der Waals surface area contributed by atoms with Gasteiger partial charge in [0.1, 0.15) is 5.75 Å². The number of carbonyl (C=O) groups excluding carboxylic acids is 1. The molecule has 0 saturated heterocycles. The molecule has 0 aliphatic carbocycles. The predicted octanol–water partition coefficient (Wildman–Crippen LogP) is 2.10. The monoisotopic (exact) mass is 290 g/mol. The number of nitrogens with one attached hydrogen (secondary N) is 2. The lowest BCUT2D eigenvalue weighted by Crippen LogP contribution is -2.39. The minimum atomic E-state index is -0.584. The second kappa shape index (κ2) is 7.46. The Morgan fingerprint density at radius 3 is 2.67 bits per heavy atom. The number of rotatable bonds is 6. The van der Waals surface area contributed by atoms with Gasteiger partial charge in [-0.25, -0.2) is 0 Å². The van der Waals surface area contributed by atoms with Crippen LogP contribution in [0.25, 0.3) is 0 Å². The Morgan fingerprint density at radius 1 is 1.33 bits per heavy atom. The molecule has 1 atom stereocenters. The van der Waals surface area contributed by atoms with Gasteiger partial charge < -0.3 is 15.4 Å². The molecule has 6 heteroatoms. The molecule has 0 spiro atoms. The van der Waals surface area contributed by atoms with Gasteiger partial charge in [0.25, 0.3) is 5.91 Å². The quantitative estimate of drug-likeness (QED) is 0.789. The molecule has 0 aliphatic heterocycles. The van der Waals surface area contributed by atoms with Crippen LogP contribution in [0.2, 0.25) is 10.0 Å². The highest BCUT2D eigenvalue weighted by molar-refractivity contribution is 6.42.